The molecule has 106 valence electrons. The van der Waals surface area contributed by atoms with Crippen molar-refractivity contribution in [2.45, 2.75) is 32.4 Å². The molecule has 1 aromatic carbocycles. The lowest BCUT2D eigenvalue weighted by molar-refractivity contribution is 0.280. The summed E-state index contributed by atoms with van der Waals surface area (Å²) in [6.45, 7) is 4.68. The number of rotatable bonds is 2. The lowest BCUT2D eigenvalue weighted by Gasteiger charge is -2.44. The zero-order valence-corrected chi connectivity index (χ0v) is 11.4. The molecule has 0 bridgehead atoms. The predicted molar refractivity (Wildman–Crippen MR) is 69.8 cm³/mol. The molecule has 19 heavy (non-hydrogen) atoms. The molecule has 0 aromatic heterocycles. The van der Waals surface area contributed by atoms with Crippen LogP contribution in [0.4, 0.5) is 18.9 Å². The maximum atomic E-state index is 13.9. The third kappa shape index (κ3) is 2.43. The lowest BCUT2D eigenvalue weighted by atomic mass is 9.86. The van der Waals surface area contributed by atoms with Crippen molar-refractivity contribution < 1.29 is 13.2 Å². The molecule has 1 saturated heterocycles. The number of piperidine rings is 1. The number of nitrogens with zero attached hydrogens (tertiary/aromatic N) is 1. The minimum atomic E-state index is -1.40. The monoisotopic (exact) mass is 272 g/mol. The van der Waals surface area contributed by atoms with E-state index in [9.17, 15) is 13.2 Å². The first-order chi connectivity index (χ1) is 8.97. The summed E-state index contributed by atoms with van der Waals surface area (Å²) in [5.74, 6) is -3.34. The van der Waals surface area contributed by atoms with E-state index in [0.717, 1.165) is 12.5 Å². The minimum absolute atomic E-state index is 0.0607. The molecule has 1 aromatic rings. The molecule has 1 N–H and O–H groups in total. The van der Waals surface area contributed by atoms with E-state index in [1.165, 1.54) is 6.07 Å². The molecule has 0 spiro atoms. The van der Waals surface area contributed by atoms with Gasteiger partial charge in [-0.15, -0.1) is 0 Å². The second-order valence-electron chi connectivity index (χ2n) is 5.17. The Bertz CT molecular complexity index is 464. The highest BCUT2D eigenvalue weighted by Gasteiger charge is 2.33. The van der Waals surface area contributed by atoms with E-state index in [1.807, 2.05) is 18.9 Å². The van der Waals surface area contributed by atoms with E-state index < -0.39 is 17.5 Å². The van der Waals surface area contributed by atoms with Crippen LogP contribution in [0.2, 0.25) is 0 Å². The highest BCUT2D eigenvalue weighted by Crippen LogP contribution is 2.31. The molecule has 1 aliphatic heterocycles. The Morgan fingerprint density at radius 2 is 1.84 bits per heavy atom. The standard InChI is InChI=1S/C14H19F3N2/c1-8-9(2)19(7-6-11(8)18-3)12-5-4-10(15)13(16)14(12)17/h4-5,8-9,11,18H,6-7H2,1-3H3. The Kier molecular flexibility index (Phi) is 4.04. The molecular formula is C14H19F3N2. The number of halogens is 3. The van der Waals surface area contributed by atoms with Gasteiger partial charge in [-0.05, 0) is 38.4 Å². The molecule has 2 nitrogen and oxygen atoms in total. The summed E-state index contributed by atoms with van der Waals surface area (Å²) >= 11 is 0. The van der Waals surface area contributed by atoms with Gasteiger partial charge in [0, 0.05) is 18.6 Å². The number of anilines is 1. The van der Waals surface area contributed by atoms with Gasteiger partial charge in [0.05, 0.1) is 5.69 Å². The minimum Gasteiger partial charge on any atom is -0.366 e. The van der Waals surface area contributed by atoms with Gasteiger partial charge in [0.15, 0.2) is 17.5 Å². The second kappa shape index (κ2) is 5.41. The topological polar surface area (TPSA) is 15.3 Å². The molecule has 2 rings (SSSR count). The first-order valence-electron chi connectivity index (χ1n) is 6.54. The molecule has 5 heteroatoms. The first-order valence-corrected chi connectivity index (χ1v) is 6.54. The summed E-state index contributed by atoms with van der Waals surface area (Å²) < 4.78 is 40.2. The molecule has 0 radical (unpaired) electrons. The molecule has 1 aliphatic rings. The number of benzene rings is 1. The van der Waals surface area contributed by atoms with Crippen LogP contribution in [-0.2, 0) is 0 Å². The van der Waals surface area contributed by atoms with Crippen molar-refractivity contribution in [3.05, 3.63) is 29.6 Å². The Morgan fingerprint density at radius 3 is 2.47 bits per heavy atom. The van der Waals surface area contributed by atoms with Crippen molar-refractivity contribution in [3.8, 4) is 0 Å². The van der Waals surface area contributed by atoms with Gasteiger partial charge >= 0.3 is 0 Å². The highest BCUT2D eigenvalue weighted by molar-refractivity contribution is 5.50. The fourth-order valence-electron chi connectivity index (χ4n) is 2.85. The smallest absolute Gasteiger partial charge is 0.196 e. The zero-order valence-electron chi connectivity index (χ0n) is 11.4. The first kappa shape index (κ1) is 14.2. The molecule has 0 amide bonds. The van der Waals surface area contributed by atoms with E-state index in [1.54, 1.807) is 0 Å². The molecule has 3 unspecified atom stereocenters. The summed E-state index contributed by atoms with van der Waals surface area (Å²) in [4.78, 5) is 1.82. The quantitative estimate of drug-likeness (QED) is 0.833. The average molecular weight is 272 g/mol. The molecule has 1 heterocycles. The van der Waals surface area contributed by atoms with E-state index in [0.29, 0.717) is 18.5 Å². The summed E-state index contributed by atoms with van der Waals surface area (Å²) in [7, 11) is 1.90. The zero-order chi connectivity index (χ0) is 14.2. The second-order valence-corrected chi connectivity index (χ2v) is 5.17. The molecule has 1 fully saturated rings. The lowest BCUT2D eigenvalue weighted by Crippen LogP contribution is -2.53. The summed E-state index contributed by atoms with van der Waals surface area (Å²) in [6, 6.07) is 2.72. The van der Waals surface area contributed by atoms with Crippen LogP contribution in [0.1, 0.15) is 20.3 Å². The number of hydrogen-bond acceptors (Lipinski definition) is 2. The van der Waals surface area contributed by atoms with Crippen LogP contribution in [0.3, 0.4) is 0 Å². The van der Waals surface area contributed by atoms with E-state index in [-0.39, 0.29) is 11.7 Å². The largest absolute Gasteiger partial charge is 0.366 e. The van der Waals surface area contributed by atoms with E-state index in [4.69, 9.17) is 0 Å². The number of hydrogen-bond donors (Lipinski definition) is 1. The van der Waals surface area contributed by atoms with Crippen LogP contribution in [-0.4, -0.2) is 25.7 Å². The van der Waals surface area contributed by atoms with Gasteiger partial charge in [0.2, 0.25) is 0 Å². The van der Waals surface area contributed by atoms with Crippen molar-refractivity contribution in [2.24, 2.45) is 5.92 Å². The SMILES string of the molecule is CNC1CCN(c2ccc(F)c(F)c2F)C(C)C1C. The Morgan fingerprint density at radius 1 is 1.16 bits per heavy atom. The summed E-state index contributed by atoms with van der Waals surface area (Å²) in [5.41, 5.74) is 0.146. The highest BCUT2D eigenvalue weighted by atomic mass is 19.2. The van der Waals surface area contributed by atoms with Crippen LogP contribution in [0.15, 0.2) is 12.1 Å². The van der Waals surface area contributed by atoms with Gasteiger partial charge in [-0.25, -0.2) is 13.2 Å². The van der Waals surface area contributed by atoms with Gasteiger partial charge in [-0.3, -0.25) is 0 Å². The summed E-state index contributed by atoms with van der Waals surface area (Å²) in [6.07, 6.45) is 0.848. The average Bonchev–Trinajstić information content (AvgIpc) is 2.40. The molecule has 0 saturated carbocycles. The molecule has 0 aliphatic carbocycles. The van der Waals surface area contributed by atoms with Gasteiger partial charge in [0.25, 0.3) is 0 Å². The van der Waals surface area contributed by atoms with Crippen LogP contribution in [0.25, 0.3) is 0 Å². The van der Waals surface area contributed by atoms with E-state index in [2.05, 4.69) is 12.2 Å². The maximum Gasteiger partial charge on any atom is 0.196 e. The Labute approximate surface area is 111 Å². The van der Waals surface area contributed by atoms with E-state index >= 15 is 0 Å². The van der Waals surface area contributed by atoms with Crippen molar-refractivity contribution in [2.75, 3.05) is 18.5 Å². The Balaban J connectivity index is 2.31. The van der Waals surface area contributed by atoms with Crippen LogP contribution in [0.5, 0.6) is 0 Å². The van der Waals surface area contributed by atoms with Crippen molar-refractivity contribution in [1.82, 2.24) is 5.32 Å². The third-order valence-electron chi connectivity index (χ3n) is 4.26. The maximum absolute atomic E-state index is 13.9. The fraction of sp³-hybridized carbons (Fsp3) is 0.571. The molecule has 3 atom stereocenters. The van der Waals surface area contributed by atoms with Crippen LogP contribution in [0, 0.1) is 23.4 Å². The van der Waals surface area contributed by atoms with Gasteiger partial charge in [0.1, 0.15) is 0 Å². The van der Waals surface area contributed by atoms with Gasteiger partial charge in [-0.1, -0.05) is 6.92 Å². The van der Waals surface area contributed by atoms with Crippen molar-refractivity contribution in [1.29, 1.82) is 0 Å². The van der Waals surface area contributed by atoms with Gasteiger partial charge < -0.3 is 10.2 Å². The summed E-state index contributed by atoms with van der Waals surface area (Å²) in [5, 5.41) is 3.24. The normalized spacial score (nSPS) is 27.7. The fourth-order valence-corrected chi connectivity index (χ4v) is 2.85. The predicted octanol–water partition coefficient (Wildman–Crippen LogP) is 2.93. The van der Waals surface area contributed by atoms with Crippen molar-refractivity contribution >= 4 is 5.69 Å². The van der Waals surface area contributed by atoms with Gasteiger partial charge in [-0.2, -0.15) is 0 Å². The number of nitrogens with one attached hydrogen (secondary N) is 1. The molecular weight excluding hydrogens is 253 g/mol. The van der Waals surface area contributed by atoms with Crippen molar-refractivity contribution in [3.63, 3.8) is 0 Å². The van der Waals surface area contributed by atoms with Crippen LogP contribution >= 0.6 is 0 Å². The Hall–Kier alpha value is -1.23. The third-order valence-corrected chi connectivity index (χ3v) is 4.26. The van der Waals surface area contributed by atoms with Crippen LogP contribution < -0.4 is 10.2 Å².